The molecule has 0 bridgehead atoms. The number of carbonyl (C=O) groups is 16. The van der Waals surface area contributed by atoms with Crippen molar-refractivity contribution in [2.24, 2.45) is 17.8 Å². The Morgan fingerprint density at radius 1 is 0.412 bits per heavy atom. The van der Waals surface area contributed by atoms with Crippen LogP contribution in [0.5, 0.6) is 0 Å². The predicted molar refractivity (Wildman–Crippen MR) is 425 cm³/mol. The Kier molecular flexibility index (Phi) is 33.0. The number of amides is 16. The van der Waals surface area contributed by atoms with Crippen LogP contribution in [0.1, 0.15) is 247 Å². The minimum absolute atomic E-state index is 0.0529. The van der Waals surface area contributed by atoms with Gasteiger partial charge in [-0.2, -0.15) is 0 Å². The summed E-state index contributed by atoms with van der Waals surface area (Å²) in [6.07, 6.45) is 9.87. The van der Waals surface area contributed by atoms with Crippen LogP contribution in [0.15, 0.2) is 0 Å². The lowest BCUT2D eigenvalue weighted by atomic mass is 9.93. The van der Waals surface area contributed by atoms with Crippen molar-refractivity contribution in [3.8, 4) is 0 Å². The van der Waals surface area contributed by atoms with E-state index in [4.69, 9.17) is 0 Å². The van der Waals surface area contributed by atoms with Gasteiger partial charge in [0.15, 0.2) is 0 Å². The van der Waals surface area contributed by atoms with Gasteiger partial charge < -0.3 is 88.7 Å². The largest absolute Gasteiger partial charge is 0.354 e. The number of rotatable bonds is 37. The molecule has 0 radical (unpaired) electrons. The van der Waals surface area contributed by atoms with Crippen LogP contribution in [0.3, 0.4) is 0 Å². The van der Waals surface area contributed by atoms with Crippen molar-refractivity contribution in [1.82, 2.24) is 88.7 Å². The van der Waals surface area contributed by atoms with Crippen LogP contribution in [-0.2, 0) is 76.7 Å². The minimum Gasteiger partial charge on any atom is -0.354 e. The van der Waals surface area contributed by atoms with Gasteiger partial charge >= 0.3 is 0 Å². The normalized spacial score (nSPS) is 20.9. The smallest absolute Gasteiger partial charge is 0.248 e. The number of nitrogens with one attached hydrogen (secondary N) is 14. The third-order valence-electron chi connectivity index (χ3n) is 22.4. The third kappa shape index (κ3) is 26.5. The molecular weight excluding hydrogens is 1470 g/mol. The molecule has 0 spiro atoms. The predicted octanol–water partition coefficient (Wildman–Crippen LogP) is -0.791. The van der Waals surface area contributed by atoms with E-state index in [9.17, 15) is 76.7 Å². The summed E-state index contributed by atoms with van der Waals surface area (Å²) in [6, 6.07) is -5.12. The summed E-state index contributed by atoms with van der Waals surface area (Å²) < 4.78 is 0. The Morgan fingerprint density at radius 3 is 1.38 bits per heavy atom. The van der Waals surface area contributed by atoms with Gasteiger partial charge in [-0.05, 0) is 191 Å². The van der Waals surface area contributed by atoms with Crippen molar-refractivity contribution in [3.63, 3.8) is 0 Å². The summed E-state index contributed by atoms with van der Waals surface area (Å²) in [7, 11) is 0. The van der Waals surface area contributed by atoms with E-state index in [-0.39, 0.29) is 94.3 Å². The van der Waals surface area contributed by atoms with Gasteiger partial charge in [0, 0.05) is 77.9 Å². The third-order valence-corrected chi connectivity index (χ3v) is 22.4. The second kappa shape index (κ2) is 39.9. The quantitative estimate of drug-likeness (QED) is 0.0362. The van der Waals surface area contributed by atoms with Crippen molar-refractivity contribution in [1.29, 1.82) is 0 Å². The molecule has 6 rings (SSSR count). The lowest BCUT2D eigenvalue weighted by Crippen LogP contribution is -3.16. The molecule has 0 aromatic carbocycles. The van der Waals surface area contributed by atoms with Crippen LogP contribution in [-0.4, -0.2) is 261 Å². The molecule has 34 nitrogen and oxygen atoms in total. The fourth-order valence-electron chi connectivity index (χ4n) is 15.8. The number of hydrogen-bond donors (Lipinski definition) is 14. The summed E-state index contributed by atoms with van der Waals surface area (Å²) in [5, 5.41) is 35.6. The summed E-state index contributed by atoms with van der Waals surface area (Å²) in [4.78, 5) is 228. The van der Waals surface area contributed by atoms with Gasteiger partial charge in [-0.3, -0.25) is 81.6 Å². The molecule has 34 heteroatoms. The minimum atomic E-state index is -1.66. The lowest BCUT2D eigenvalue weighted by Gasteiger charge is -2.42. The van der Waals surface area contributed by atoms with Crippen molar-refractivity contribution in [2.45, 2.75) is 328 Å². The standard InChI is InChI=1S/C80H136N18O16/c1-48(2)42-52(47-95-38-27-37-94-36-26-31-61(94)95)84-68(109)75(10,11)88-63(104)54(44-50(5)6)85-59(101)45-83-67(108)74(8,9)89-65(106)56-29-22-25-41-98(56)73(114)79(18,19)93-71(112)80(33-34-80)87-60(102)46-82-58(100)32-35-81-62(103)53(43-49(3)4)86-69(110)76(12,13)92-70(111)77(14,15)90-66(107)57-30-21-24-40-97(57)72(113)78(16,17)91-64(105)55-28-20-23-39-96(55)51(7)99/h48-50,52-57,61H,20-47H2,1-19H3,(H,81,103)(H,82,100)(H,83,108)(H,84,109)(H,85,101)(H,86,110)(H,87,102)(H,88,104)(H,89,106)(H,90,107)(H,91,105)(H,92,111)(H,93,112)/p+1/t52-,53-,54-,55-,56-,57+,61?/m0/s1. The van der Waals surface area contributed by atoms with Crippen molar-refractivity contribution >= 4 is 94.5 Å². The van der Waals surface area contributed by atoms with E-state index in [1.165, 1.54) is 83.4 Å². The molecule has 0 aromatic heterocycles. The number of quaternary nitrogens is 1. The zero-order valence-electron chi connectivity index (χ0n) is 71.4. The summed E-state index contributed by atoms with van der Waals surface area (Å²) >= 11 is 0. The van der Waals surface area contributed by atoms with Gasteiger partial charge in [0.25, 0.3) is 0 Å². The summed E-state index contributed by atoms with van der Waals surface area (Å²) in [5.41, 5.74) is -10.8. The van der Waals surface area contributed by atoms with Gasteiger partial charge in [0.1, 0.15) is 75.1 Å². The van der Waals surface area contributed by atoms with Crippen LogP contribution in [0, 0.1) is 17.8 Å². The molecule has 1 aliphatic carbocycles. The van der Waals surface area contributed by atoms with Crippen LogP contribution in [0.4, 0.5) is 0 Å². The number of fused-ring (bicyclic) bond motifs is 1. The molecule has 1 saturated carbocycles. The fraction of sp³-hybridized carbons (Fsp3) is 0.800. The maximum atomic E-state index is 14.4. The first kappa shape index (κ1) is 94.3. The molecule has 0 aromatic rings. The number of nitrogens with zero attached hydrogens (tertiary/aromatic N) is 4. The highest BCUT2D eigenvalue weighted by Crippen LogP contribution is 2.37. The van der Waals surface area contributed by atoms with Gasteiger partial charge in [-0.1, -0.05) is 41.5 Å². The highest BCUT2D eigenvalue weighted by Gasteiger charge is 2.54. The first-order valence-electron chi connectivity index (χ1n) is 41.4. The maximum Gasteiger partial charge on any atom is 0.248 e. The van der Waals surface area contributed by atoms with Crippen LogP contribution in [0.2, 0.25) is 0 Å². The number of hydrogen-bond acceptors (Lipinski definition) is 17. The molecule has 114 heavy (non-hydrogen) atoms. The molecule has 2 unspecified atom stereocenters. The molecule has 16 amide bonds. The average Bonchev–Trinajstić information content (AvgIpc) is 1.56. The maximum absolute atomic E-state index is 14.4. The first-order valence-corrected chi connectivity index (χ1v) is 41.4. The van der Waals surface area contributed by atoms with E-state index in [1.807, 2.05) is 27.7 Å². The van der Waals surface area contributed by atoms with Crippen LogP contribution >= 0.6 is 0 Å². The van der Waals surface area contributed by atoms with Crippen molar-refractivity contribution in [3.05, 3.63) is 0 Å². The summed E-state index contributed by atoms with van der Waals surface area (Å²) in [6.45, 7) is 34.4. The Hall–Kier alpha value is -8.56. The van der Waals surface area contributed by atoms with Crippen LogP contribution in [0.25, 0.3) is 0 Å². The second-order valence-electron chi connectivity index (χ2n) is 36.9. The van der Waals surface area contributed by atoms with E-state index >= 15 is 0 Å². The SMILES string of the molecule is CC(=O)N1CCCC[C@H]1C(=O)NC(C)(C)C(=O)N1CCCC[C@@H]1C(=O)NC(C)(C)C(=O)NC(C)(C)C(=O)N[C@@H](CC(C)C)C(=O)NCCC(=O)NCC(=O)NC1(C(=O)NC(C)(C)C(=O)N2CCCC[C@H]2C(=O)NC(C)(C)C(=O)NCC(=O)N[C@@H](CC(C)C)C(=O)NC(C)(C)C(=O)N[C@@H](CC(C)C)CN2CCC[NH+]3CCCC23)CC1. The Balaban J connectivity index is 0.927. The average molecular weight is 1610 g/mol. The molecular formula is C80H137N18O16+. The van der Waals surface area contributed by atoms with E-state index in [0.717, 1.165) is 51.7 Å². The molecule has 6 fully saturated rings. The Morgan fingerprint density at radius 2 is 0.860 bits per heavy atom. The molecule has 6 aliphatic rings. The van der Waals surface area contributed by atoms with Gasteiger partial charge in [-0.25, -0.2) is 0 Å². The highest BCUT2D eigenvalue weighted by molar-refractivity contribution is 6.03. The highest BCUT2D eigenvalue weighted by atomic mass is 16.2. The van der Waals surface area contributed by atoms with E-state index in [2.05, 4.69) is 87.9 Å². The topological polar surface area (TPSA) is 447 Å². The monoisotopic (exact) mass is 1610 g/mol. The number of piperidine rings is 3. The Bertz CT molecular complexity index is 3530. The van der Waals surface area contributed by atoms with Gasteiger partial charge in [-0.15, -0.1) is 0 Å². The van der Waals surface area contributed by atoms with Gasteiger partial charge in [0.05, 0.1) is 26.2 Å². The number of carbonyl (C=O) groups excluding carboxylic acids is 16. The van der Waals surface area contributed by atoms with Crippen molar-refractivity contribution < 1.29 is 81.6 Å². The van der Waals surface area contributed by atoms with Gasteiger partial charge in [0.2, 0.25) is 94.5 Å². The molecule has 5 heterocycles. The Labute approximate surface area is 673 Å². The van der Waals surface area contributed by atoms with Crippen molar-refractivity contribution in [2.75, 3.05) is 65.4 Å². The number of likely N-dealkylation sites (tertiary alicyclic amines) is 3. The lowest BCUT2D eigenvalue weighted by molar-refractivity contribution is -0.930. The second-order valence-corrected chi connectivity index (χ2v) is 36.9. The zero-order valence-corrected chi connectivity index (χ0v) is 71.4. The molecule has 8 atom stereocenters. The fourth-order valence-corrected chi connectivity index (χ4v) is 15.8. The zero-order chi connectivity index (χ0) is 85.4. The van der Waals surface area contributed by atoms with E-state index < -0.39 is 165 Å². The van der Waals surface area contributed by atoms with Crippen LogP contribution < -0.4 is 74.0 Å². The molecule has 14 N–H and O–H groups in total. The molecule has 5 aliphatic heterocycles. The summed E-state index contributed by atoms with van der Waals surface area (Å²) in [5.74, 6) is -9.46. The molecule has 5 saturated heterocycles. The van der Waals surface area contributed by atoms with E-state index in [1.54, 1.807) is 32.6 Å². The molecule has 642 valence electrons. The first-order chi connectivity index (χ1) is 52.9. The van der Waals surface area contributed by atoms with E-state index in [0.29, 0.717) is 57.3 Å².